The largest absolute Gasteiger partial charge is 0.490 e. The zero-order chi connectivity index (χ0) is 13.0. The normalized spacial score (nSPS) is 16.8. The molecule has 0 spiro atoms. The fraction of sp³-hybridized carbons (Fsp3) is 0.538. The summed E-state index contributed by atoms with van der Waals surface area (Å²) in [5, 5.41) is 0.0390. The first-order valence-corrected chi connectivity index (χ1v) is 6.64. The van der Waals surface area contributed by atoms with Gasteiger partial charge in [0.2, 0.25) is 0 Å². The van der Waals surface area contributed by atoms with Crippen molar-refractivity contribution in [2.24, 2.45) is 0 Å². The monoisotopic (exact) mass is 272 g/mol. The lowest BCUT2D eigenvalue weighted by atomic mass is 10.1. The van der Waals surface area contributed by atoms with Crippen LogP contribution in [0.4, 0.5) is 10.1 Å². The van der Waals surface area contributed by atoms with Gasteiger partial charge in [-0.25, -0.2) is 4.39 Å². The Bertz CT molecular complexity index is 408. The molecule has 5 heteroatoms. The van der Waals surface area contributed by atoms with Crippen molar-refractivity contribution in [3.05, 3.63) is 23.0 Å². The van der Waals surface area contributed by atoms with Crippen LogP contribution in [0.3, 0.4) is 0 Å². The van der Waals surface area contributed by atoms with Crippen molar-refractivity contribution in [3.8, 4) is 5.75 Å². The highest BCUT2D eigenvalue weighted by Crippen LogP contribution is 2.28. The third-order valence-corrected chi connectivity index (χ3v) is 3.46. The second-order valence-electron chi connectivity index (χ2n) is 4.55. The molecule has 1 aliphatic rings. The maximum atomic E-state index is 13.1. The second-order valence-corrected chi connectivity index (χ2v) is 4.96. The summed E-state index contributed by atoms with van der Waals surface area (Å²) in [5.74, 6) is -0.0593. The first-order chi connectivity index (χ1) is 8.66. The fourth-order valence-electron chi connectivity index (χ4n) is 2.14. The van der Waals surface area contributed by atoms with Gasteiger partial charge in [0.1, 0.15) is 18.2 Å². The SMILES string of the molecule is Nc1cc(F)c(Cl)cc1OCCN1CCCCC1. The number of likely N-dealkylation sites (tertiary alicyclic amines) is 1. The molecule has 0 bridgehead atoms. The third-order valence-electron chi connectivity index (χ3n) is 3.17. The Morgan fingerprint density at radius 3 is 2.72 bits per heavy atom. The Labute approximate surface area is 112 Å². The van der Waals surface area contributed by atoms with Gasteiger partial charge in [-0.15, -0.1) is 0 Å². The van der Waals surface area contributed by atoms with Crippen LogP contribution in [0.25, 0.3) is 0 Å². The summed E-state index contributed by atoms with van der Waals surface area (Å²) in [6.45, 7) is 3.67. The van der Waals surface area contributed by atoms with Crippen LogP contribution < -0.4 is 10.5 Å². The van der Waals surface area contributed by atoms with Gasteiger partial charge in [0.15, 0.2) is 0 Å². The van der Waals surface area contributed by atoms with E-state index < -0.39 is 5.82 Å². The van der Waals surface area contributed by atoms with E-state index in [-0.39, 0.29) is 10.7 Å². The predicted octanol–water partition coefficient (Wildman–Crippen LogP) is 2.93. The van der Waals surface area contributed by atoms with E-state index in [0.717, 1.165) is 19.6 Å². The molecular formula is C13H18ClFN2O. The number of piperidine rings is 1. The molecule has 1 aromatic rings. The summed E-state index contributed by atoms with van der Waals surface area (Å²) in [4.78, 5) is 2.37. The maximum absolute atomic E-state index is 13.1. The van der Waals surface area contributed by atoms with E-state index in [1.54, 1.807) is 0 Å². The minimum Gasteiger partial charge on any atom is -0.490 e. The van der Waals surface area contributed by atoms with Crippen LogP contribution in [0.1, 0.15) is 19.3 Å². The Hall–Kier alpha value is -1.00. The zero-order valence-electron chi connectivity index (χ0n) is 10.3. The molecule has 2 rings (SSSR count). The predicted molar refractivity (Wildman–Crippen MR) is 71.6 cm³/mol. The molecule has 100 valence electrons. The van der Waals surface area contributed by atoms with Crippen molar-refractivity contribution in [2.45, 2.75) is 19.3 Å². The number of hydrogen-bond acceptors (Lipinski definition) is 3. The molecule has 3 nitrogen and oxygen atoms in total. The molecule has 0 saturated carbocycles. The molecule has 0 amide bonds. The standard InChI is InChI=1S/C13H18ClFN2O/c14-10-8-13(12(16)9-11(10)15)18-7-6-17-4-2-1-3-5-17/h8-9H,1-7,16H2. The van der Waals surface area contributed by atoms with Crippen molar-refractivity contribution in [2.75, 3.05) is 32.0 Å². The van der Waals surface area contributed by atoms with Crippen molar-refractivity contribution in [1.29, 1.82) is 0 Å². The molecule has 2 N–H and O–H groups in total. The molecule has 1 aliphatic heterocycles. The molecule has 0 atom stereocenters. The molecule has 0 unspecified atom stereocenters. The number of rotatable bonds is 4. The number of ether oxygens (including phenoxy) is 1. The van der Waals surface area contributed by atoms with Gasteiger partial charge in [-0.2, -0.15) is 0 Å². The van der Waals surface area contributed by atoms with E-state index >= 15 is 0 Å². The van der Waals surface area contributed by atoms with E-state index in [1.807, 2.05) is 0 Å². The zero-order valence-corrected chi connectivity index (χ0v) is 11.0. The van der Waals surface area contributed by atoms with Gasteiger partial charge < -0.3 is 10.5 Å². The molecule has 18 heavy (non-hydrogen) atoms. The second kappa shape index (κ2) is 6.25. The lowest BCUT2D eigenvalue weighted by Crippen LogP contribution is -2.33. The van der Waals surface area contributed by atoms with Gasteiger partial charge in [-0.1, -0.05) is 18.0 Å². The summed E-state index contributed by atoms with van der Waals surface area (Å²) < 4.78 is 18.7. The molecule has 0 aromatic heterocycles. The lowest BCUT2D eigenvalue weighted by molar-refractivity contribution is 0.184. The number of hydrogen-bond donors (Lipinski definition) is 1. The van der Waals surface area contributed by atoms with Crippen molar-refractivity contribution in [3.63, 3.8) is 0 Å². The van der Waals surface area contributed by atoms with Crippen LogP contribution in [0, 0.1) is 5.82 Å². The van der Waals surface area contributed by atoms with E-state index in [9.17, 15) is 4.39 Å². The summed E-state index contributed by atoms with van der Waals surface area (Å²) in [6, 6.07) is 2.63. The average Bonchev–Trinajstić information content (AvgIpc) is 2.37. The van der Waals surface area contributed by atoms with Gasteiger partial charge in [0, 0.05) is 18.7 Å². The molecular weight excluding hydrogens is 255 g/mol. The van der Waals surface area contributed by atoms with Gasteiger partial charge in [-0.3, -0.25) is 4.90 Å². The van der Waals surface area contributed by atoms with E-state index in [0.29, 0.717) is 12.4 Å². The Morgan fingerprint density at radius 1 is 1.28 bits per heavy atom. The molecule has 1 saturated heterocycles. The van der Waals surface area contributed by atoms with E-state index in [2.05, 4.69) is 4.90 Å². The van der Waals surface area contributed by atoms with Crippen LogP contribution in [0.5, 0.6) is 5.75 Å². The van der Waals surface area contributed by atoms with E-state index in [1.165, 1.54) is 31.4 Å². The number of nitrogens with two attached hydrogens (primary N) is 1. The van der Waals surface area contributed by atoms with Gasteiger partial charge in [-0.05, 0) is 25.9 Å². The number of nitrogens with zero attached hydrogens (tertiary/aromatic N) is 1. The summed E-state index contributed by atoms with van der Waals surface area (Å²) in [7, 11) is 0. The van der Waals surface area contributed by atoms with Crippen LogP contribution >= 0.6 is 11.6 Å². The van der Waals surface area contributed by atoms with Crippen molar-refractivity contribution in [1.82, 2.24) is 4.90 Å². The fourth-order valence-corrected chi connectivity index (χ4v) is 2.29. The van der Waals surface area contributed by atoms with E-state index in [4.69, 9.17) is 22.1 Å². The molecule has 0 radical (unpaired) electrons. The highest BCUT2D eigenvalue weighted by atomic mass is 35.5. The van der Waals surface area contributed by atoms with Crippen molar-refractivity contribution >= 4 is 17.3 Å². The number of nitrogen functional groups attached to an aromatic ring is 1. The van der Waals surface area contributed by atoms with Crippen LogP contribution in [0.2, 0.25) is 5.02 Å². The lowest BCUT2D eigenvalue weighted by Gasteiger charge is -2.26. The number of anilines is 1. The van der Waals surface area contributed by atoms with Crippen LogP contribution in [-0.2, 0) is 0 Å². The number of halogens is 2. The quantitative estimate of drug-likeness (QED) is 0.857. The Kier molecular flexibility index (Phi) is 4.66. The first kappa shape index (κ1) is 13.4. The number of benzene rings is 1. The highest BCUT2D eigenvalue weighted by molar-refractivity contribution is 6.31. The third kappa shape index (κ3) is 3.50. The maximum Gasteiger partial charge on any atom is 0.144 e. The molecule has 1 fully saturated rings. The Morgan fingerprint density at radius 2 is 2.00 bits per heavy atom. The minimum atomic E-state index is -0.516. The Balaban J connectivity index is 1.84. The first-order valence-electron chi connectivity index (χ1n) is 6.26. The average molecular weight is 273 g/mol. The summed E-state index contributed by atoms with van der Waals surface area (Å²) >= 11 is 5.69. The summed E-state index contributed by atoms with van der Waals surface area (Å²) in [5.41, 5.74) is 5.96. The topological polar surface area (TPSA) is 38.5 Å². The van der Waals surface area contributed by atoms with Crippen LogP contribution in [0.15, 0.2) is 12.1 Å². The minimum absolute atomic E-state index is 0.0390. The molecule has 1 aromatic carbocycles. The summed E-state index contributed by atoms with van der Waals surface area (Å²) in [6.07, 6.45) is 3.83. The van der Waals surface area contributed by atoms with Gasteiger partial charge >= 0.3 is 0 Å². The van der Waals surface area contributed by atoms with Gasteiger partial charge in [0.05, 0.1) is 10.7 Å². The highest BCUT2D eigenvalue weighted by Gasteiger charge is 2.11. The molecule has 1 heterocycles. The van der Waals surface area contributed by atoms with Crippen LogP contribution in [-0.4, -0.2) is 31.1 Å². The molecule has 0 aliphatic carbocycles. The van der Waals surface area contributed by atoms with Gasteiger partial charge in [0.25, 0.3) is 0 Å². The van der Waals surface area contributed by atoms with Crippen molar-refractivity contribution < 1.29 is 9.13 Å². The smallest absolute Gasteiger partial charge is 0.144 e.